The molecule has 0 unspecified atom stereocenters. The van der Waals surface area contributed by atoms with Crippen molar-refractivity contribution in [1.29, 1.82) is 0 Å². The average Bonchev–Trinajstić information content (AvgIpc) is 2.70. The zero-order valence-electron chi connectivity index (χ0n) is 12.2. The van der Waals surface area contributed by atoms with Gasteiger partial charge in [0.05, 0.1) is 6.54 Å². The Morgan fingerprint density at radius 3 is 2.76 bits per heavy atom. The lowest BCUT2D eigenvalue weighted by atomic mass is 10.3. The number of nitrogens with zero attached hydrogens (tertiary/aromatic N) is 2. The summed E-state index contributed by atoms with van der Waals surface area (Å²) in [4.78, 5) is 26.8. The summed E-state index contributed by atoms with van der Waals surface area (Å²) in [7, 11) is 0. The van der Waals surface area contributed by atoms with Crippen molar-refractivity contribution in [2.24, 2.45) is 5.73 Å². The maximum Gasteiger partial charge on any atom is 0.246 e. The van der Waals surface area contributed by atoms with Crippen LogP contribution in [0.4, 0.5) is 0 Å². The molecule has 0 atom stereocenters. The van der Waals surface area contributed by atoms with E-state index in [9.17, 15) is 9.59 Å². The van der Waals surface area contributed by atoms with Gasteiger partial charge < -0.3 is 15.1 Å². The lowest BCUT2D eigenvalue weighted by Crippen LogP contribution is -2.37. The number of carbonyl (C=O) groups is 2. The molecule has 2 heterocycles. The van der Waals surface area contributed by atoms with Crippen LogP contribution in [0.5, 0.6) is 0 Å². The second-order valence-electron chi connectivity index (χ2n) is 5.20. The highest BCUT2D eigenvalue weighted by Gasteiger charge is 2.18. The minimum absolute atomic E-state index is 0.0371. The molecule has 2 N–H and O–H groups in total. The highest BCUT2D eigenvalue weighted by Crippen LogP contribution is 2.09. The molecule has 0 spiro atoms. The number of aryl methyl sites for hydroxylation is 1. The molecule has 0 bridgehead atoms. The van der Waals surface area contributed by atoms with Gasteiger partial charge in [0, 0.05) is 32.3 Å². The summed E-state index contributed by atoms with van der Waals surface area (Å²) >= 11 is 0. The Bertz CT molecular complexity index is 536. The number of furan rings is 1. The normalized spacial score (nSPS) is 17.1. The number of carbonyl (C=O) groups excluding carboxylic acids is 2. The Hall–Kier alpha value is -2.08. The maximum absolute atomic E-state index is 12.1. The standard InChI is InChI=1S/C15H21N3O3/c1-12-3-4-13(21-12)5-6-15(20)18-8-2-7-17(9-10-18)11-14(16)19/h3-6H,2,7-11H2,1H3,(H2,16,19). The van der Waals surface area contributed by atoms with Gasteiger partial charge in [-0.3, -0.25) is 14.5 Å². The van der Waals surface area contributed by atoms with E-state index in [0.717, 1.165) is 18.7 Å². The van der Waals surface area contributed by atoms with Crippen molar-refractivity contribution in [2.45, 2.75) is 13.3 Å². The molecule has 1 aromatic heterocycles. The first-order valence-corrected chi connectivity index (χ1v) is 7.08. The fraction of sp³-hybridized carbons (Fsp3) is 0.467. The van der Waals surface area contributed by atoms with Crippen LogP contribution in [-0.2, 0) is 9.59 Å². The van der Waals surface area contributed by atoms with Crippen LogP contribution in [0.25, 0.3) is 6.08 Å². The summed E-state index contributed by atoms with van der Waals surface area (Å²) in [5.41, 5.74) is 5.20. The molecule has 6 heteroatoms. The first-order chi connectivity index (χ1) is 10.0. The molecule has 1 saturated heterocycles. The van der Waals surface area contributed by atoms with Gasteiger partial charge in [0.15, 0.2) is 0 Å². The summed E-state index contributed by atoms with van der Waals surface area (Å²) in [6.45, 7) is 4.87. The Kier molecular flexibility index (Phi) is 5.16. The zero-order valence-corrected chi connectivity index (χ0v) is 12.2. The lowest BCUT2D eigenvalue weighted by Gasteiger charge is -2.19. The van der Waals surface area contributed by atoms with E-state index in [1.807, 2.05) is 24.0 Å². The second kappa shape index (κ2) is 7.08. The number of primary amides is 1. The summed E-state index contributed by atoms with van der Waals surface area (Å²) in [5.74, 6) is 1.12. The van der Waals surface area contributed by atoms with Gasteiger partial charge in [-0.1, -0.05) is 0 Å². The van der Waals surface area contributed by atoms with E-state index >= 15 is 0 Å². The molecule has 21 heavy (non-hydrogen) atoms. The number of rotatable bonds is 4. The predicted molar refractivity (Wildman–Crippen MR) is 79.3 cm³/mol. The molecule has 0 aromatic carbocycles. The largest absolute Gasteiger partial charge is 0.462 e. The maximum atomic E-state index is 12.1. The van der Waals surface area contributed by atoms with Crippen molar-refractivity contribution < 1.29 is 14.0 Å². The monoisotopic (exact) mass is 291 g/mol. The fourth-order valence-electron chi connectivity index (χ4n) is 2.37. The summed E-state index contributed by atoms with van der Waals surface area (Å²) < 4.78 is 5.39. The highest BCUT2D eigenvalue weighted by molar-refractivity contribution is 5.91. The third-order valence-corrected chi connectivity index (χ3v) is 3.43. The van der Waals surface area contributed by atoms with Gasteiger partial charge in [-0.25, -0.2) is 0 Å². The van der Waals surface area contributed by atoms with Crippen molar-refractivity contribution in [3.63, 3.8) is 0 Å². The van der Waals surface area contributed by atoms with Gasteiger partial charge in [-0.15, -0.1) is 0 Å². The highest BCUT2D eigenvalue weighted by atomic mass is 16.3. The van der Waals surface area contributed by atoms with E-state index in [-0.39, 0.29) is 18.4 Å². The van der Waals surface area contributed by atoms with Gasteiger partial charge in [0.25, 0.3) is 0 Å². The van der Waals surface area contributed by atoms with Crippen molar-refractivity contribution in [3.8, 4) is 0 Å². The number of hydrogen-bond acceptors (Lipinski definition) is 4. The molecule has 1 aliphatic heterocycles. The van der Waals surface area contributed by atoms with Crippen LogP contribution >= 0.6 is 0 Å². The molecule has 0 radical (unpaired) electrons. The van der Waals surface area contributed by atoms with Crippen LogP contribution in [0.15, 0.2) is 22.6 Å². The summed E-state index contributed by atoms with van der Waals surface area (Å²) in [6.07, 6.45) is 4.05. The SMILES string of the molecule is Cc1ccc(C=CC(=O)N2CCCN(CC(N)=O)CC2)o1. The van der Waals surface area contributed by atoms with Crippen LogP contribution in [0.1, 0.15) is 17.9 Å². The van der Waals surface area contributed by atoms with Gasteiger partial charge >= 0.3 is 0 Å². The second-order valence-corrected chi connectivity index (χ2v) is 5.20. The van der Waals surface area contributed by atoms with E-state index in [1.54, 1.807) is 11.0 Å². The Labute approximate surface area is 124 Å². The Balaban J connectivity index is 1.88. The Morgan fingerprint density at radius 1 is 1.29 bits per heavy atom. The third kappa shape index (κ3) is 4.75. The van der Waals surface area contributed by atoms with Crippen LogP contribution in [-0.4, -0.2) is 54.3 Å². The molecule has 0 aliphatic carbocycles. The first kappa shape index (κ1) is 15.3. The lowest BCUT2D eigenvalue weighted by molar-refractivity contribution is -0.125. The molecular formula is C15H21N3O3. The van der Waals surface area contributed by atoms with Crippen LogP contribution < -0.4 is 5.73 Å². The van der Waals surface area contributed by atoms with Gasteiger partial charge in [-0.2, -0.15) is 0 Å². The van der Waals surface area contributed by atoms with Gasteiger partial charge in [0.2, 0.25) is 11.8 Å². The van der Waals surface area contributed by atoms with Crippen molar-refractivity contribution in [3.05, 3.63) is 29.7 Å². The molecule has 1 aliphatic rings. The van der Waals surface area contributed by atoms with E-state index in [0.29, 0.717) is 25.4 Å². The van der Waals surface area contributed by atoms with Crippen molar-refractivity contribution in [2.75, 3.05) is 32.7 Å². The van der Waals surface area contributed by atoms with Crippen LogP contribution in [0, 0.1) is 6.92 Å². The minimum atomic E-state index is -0.331. The fourth-order valence-corrected chi connectivity index (χ4v) is 2.37. The van der Waals surface area contributed by atoms with Gasteiger partial charge in [0.1, 0.15) is 11.5 Å². The minimum Gasteiger partial charge on any atom is -0.462 e. The smallest absolute Gasteiger partial charge is 0.246 e. The van der Waals surface area contributed by atoms with Crippen molar-refractivity contribution in [1.82, 2.24) is 9.80 Å². The van der Waals surface area contributed by atoms with Crippen LogP contribution in [0.3, 0.4) is 0 Å². The molecule has 6 nitrogen and oxygen atoms in total. The quantitative estimate of drug-likeness (QED) is 0.825. The first-order valence-electron chi connectivity index (χ1n) is 7.08. The van der Waals surface area contributed by atoms with E-state index in [1.165, 1.54) is 6.08 Å². The topological polar surface area (TPSA) is 79.8 Å². The number of nitrogens with two attached hydrogens (primary N) is 1. The van der Waals surface area contributed by atoms with E-state index in [2.05, 4.69) is 0 Å². The number of amides is 2. The molecule has 1 fully saturated rings. The summed E-state index contributed by atoms with van der Waals surface area (Å²) in [6, 6.07) is 3.69. The summed E-state index contributed by atoms with van der Waals surface area (Å²) in [5, 5.41) is 0. The van der Waals surface area contributed by atoms with Crippen LogP contribution in [0.2, 0.25) is 0 Å². The zero-order chi connectivity index (χ0) is 15.2. The van der Waals surface area contributed by atoms with E-state index in [4.69, 9.17) is 10.2 Å². The predicted octanol–water partition coefficient (Wildman–Crippen LogP) is 0.621. The van der Waals surface area contributed by atoms with Gasteiger partial charge in [-0.05, 0) is 31.6 Å². The third-order valence-electron chi connectivity index (χ3n) is 3.43. The molecule has 114 valence electrons. The molecule has 0 saturated carbocycles. The molecular weight excluding hydrogens is 270 g/mol. The number of hydrogen-bond donors (Lipinski definition) is 1. The molecule has 2 amide bonds. The van der Waals surface area contributed by atoms with E-state index < -0.39 is 0 Å². The molecule has 1 aromatic rings. The van der Waals surface area contributed by atoms with Crippen molar-refractivity contribution >= 4 is 17.9 Å². The average molecular weight is 291 g/mol. The molecule has 2 rings (SSSR count). The Morgan fingerprint density at radius 2 is 2.10 bits per heavy atom.